The van der Waals surface area contributed by atoms with Gasteiger partial charge in [-0.25, -0.2) is 0 Å². The van der Waals surface area contributed by atoms with E-state index < -0.39 is 0 Å². The first-order chi connectivity index (χ1) is 9.22. The lowest BCUT2D eigenvalue weighted by molar-refractivity contribution is 0.135. The SMILES string of the molecule is COc1ccc2c(=S)c3c(oc2c1)CC(OC)C=C3. The molecule has 19 heavy (non-hydrogen) atoms. The fraction of sp³-hybridized carbons (Fsp3) is 0.267. The minimum atomic E-state index is 0.0497. The van der Waals surface area contributed by atoms with Crippen molar-refractivity contribution in [3.63, 3.8) is 0 Å². The van der Waals surface area contributed by atoms with Gasteiger partial charge in [0.25, 0.3) is 0 Å². The monoisotopic (exact) mass is 274 g/mol. The highest BCUT2D eigenvalue weighted by Crippen LogP contribution is 2.30. The van der Waals surface area contributed by atoms with Gasteiger partial charge in [-0.1, -0.05) is 24.4 Å². The summed E-state index contributed by atoms with van der Waals surface area (Å²) in [5.74, 6) is 1.64. The van der Waals surface area contributed by atoms with Crippen LogP contribution in [-0.2, 0) is 11.2 Å². The number of rotatable bonds is 2. The minimum Gasteiger partial charge on any atom is -0.497 e. The summed E-state index contributed by atoms with van der Waals surface area (Å²) >= 11 is 5.54. The number of fused-ring (bicyclic) bond motifs is 2. The Bertz CT molecular complexity index is 715. The second kappa shape index (κ2) is 4.79. The van der Waals surface area contributed by atoms with Gasteiger partial charge < -0.3 is 13.9 Å². The number of hydrogen-bond acceptors (Lipinski definition) is 4. The molecule has 3 rings (SSSR count). The number of ether oxygens (including phenoxy) is 2. The maximum atomic E-state index is 5.96. The van der Waals surface area contributed by atoms with Gasteiger partial charge in [0.2, 0.25) is 0 Å². The van der Waals surface area contributed by atoms with Crippen molar-refractivity contribution in [3.8, 4) is 5.75 Å². The molecular formula is C15H14O3S. The van der Waals surface area contributed by atoms with Gasteiger partial charge >= 0.3 is 0 Å². The van der Waals surface area contributed by atoms with Crippen LogP contribution < -0.4 is 4.74 Å². The second-order valence-electron chi connectivity index (χ2n) is 4.47. The summed E-state index contributed by atoms with van der Waals surface area (Å²) in [6.07, 6.45) is 4.76. The highest BCUT2D eigenvalue weighted by Gasteiger charge is 2.18. The van der Waals surface area contributed by atoms with E-state index in [1.807, 2.05) is 30.4 Å². The maximum absolute atomic E-state index is 5.96. The van der Waals surface area contributed by atoms with Crippen molar-refractivity contribution in [1.29, 1.82) is 0 Å². The predicted octanol–water partition coefficient (Wildman–Crippen LogP) is 3.76. The van der Waals surface area contributed by atoms with Gasteiger partial charge in [0.15, 0.2) is 0 Å². The zero-order valence-corrected chi connectivity index (χ0v) is 11.6. The molecule has 2 aromatic rings. The highest BCUT2D eigenvalue weighted by molar-refractivity contribution is 7.71. The van der Waals surface area contributed by atoms with Crippen molar-refractivity contribution in [1.82, 2.24) is 0 Å². The lowest BCUT2D eigenvalue weighted by Crippen LogP contribution is -2.14. The molecule has 1 aliphatic rings. The van der Waals surface area contributed by atoms with E-state index in [-0.39, 0.29) is 6.10 Å². The van der Waals surface area contributed by atoms with Crippen LogP contribution in [0.4, 0.5) is 0 Å². The van der Waals surface area contributed by atoms with E-state index in [2.05, 4.69) is 0 Å². The summed E-state index contributed by atoms with van der Waals surface area (Å²) in [6.45, 7) is 0. The Morgan fingerprint density at radius 1 is 1.32 bits per heavy atom. The zero-order valence-electron chi connectivity index (χ0n) is 10.8. The van der Waals surface area contributed by atoms with Crippen LogP contribution in [0, 0.1) is 4.51 Å². The summed E-state index contributed by atoms with van der Waals surface area (Å²) in [5, 5.41) is 0.940. The molecule has 4 heteroatoms. The molecule has 1 heterocycles. The molecule has 1 unspecified atom stereocenters. The molecule has 0 saturated heterocycles. The maximum Gasteiger partial charge on any atom is 0.139 e. The molecule has 1 aromatic carbocycles. The average Bonchev–Trinajstić information content (AvgIpc) is 2.46. The Hall–Kier alpha value is -1.65. The zero-order chi connectivity index (χ0) is 13.4. The number of benzene rings is 1. The first-order valence-corrected chi connectivity index (χ1v) is 6.48. The first-order valence-electron chi connectivity index (χ1n) is 6.07. The largest absolute Gasteiger partial charge is 0.497 e. The molecule has 0 aliphatic heterocycles. The quantitative estimate of drug-likeness (QED) is 0.780. The number of hydrogen-bond donors (Lipinski definition) is 0. The highest BCUT2D eigenvalue weighted by atomic mass is 32.1. The summed E-state index contributed by atoms with van der Waals surface area (Å²) in [4.78, 5) is 0. The van der Waals surface area contributed by atoms with Crippen LogP contribution in [0.3, 0.4) is 0 Å². The molecule has 3 nitrogen and oxygen atoms in total. The van der Waals surface area contributed by atoms with E-state index in [1.165, 1.54) is 0 Å². The summed E-state index contributed by atoms with van der Waals surface area (Å²) in [7, 11) is 3.33. The molecule has 1 atom stereocenters. The fourth-order valence-electron chi connectivity index (χ4n) is 2.30. The van der Waals surface area contributed by atoms with Crippen LogP contribution in [-0.4, -0.2) is 20.3 Å². The van der Waals surface area contributed by atoms with E-state index in [1.54, 1.807) is 14.2 Å². The predicted molar refractivity (Wildman–Crippen MR) is 77.1 cm³/mol. The van der Waals surface area contributed by atoms with Crippen LogP contribution in [0.2, 0.25) is 0 Å². The Morgan fingerprint density at radius 2 is 2.16 bits per heavy atom. The fourth-order valence-corrected chi connectivity index (χ4v) is 2.65. The topological polar surface area (TPSA) is 31.6 Å². The third-order valence-corrected chi connectivity index (χ3v) is 3.82. The Kier molecular flexibility index (Phi) is 3.12. The standard InChI is InChI=1S/C15H14O3S/c1-16-9-3-5-11-13(7-9)18-14-8-10(17-2)4-6-12(14)15(11)19/h3-7,10H,8H2,1-2H3. The first kappa shape index (κ1) is 12.4. The van der Waals surface area contributed by atoms with Crippen LogP contribution in [0.25, 0.3) is 17.0 Å². The third-order valence-electron chi connectivity index (χ3n) is 3.38. The molecule has 1 aliphatic carbocycles. The van der Waals surface area contributed by atoms with E-state index >= 15 is 0 Å². The van der Waals surface area contributed by atoms with Crippen molar-refractivity contribution in [2.24, 2.45) is 0 Å². The van der Waals surface area contributed by atoms with Crippen molar-refractivity contribution in [2.45, 2.75) is 12.5 Å². The molecular weight excluding hydrogens is 260 g/mol. The van der Waals surface area contributed by atoms with Crippen LogP contribution in [0.15, 0.2) is 28.7 Å². The van der Waals surface area contributed by atoms with E-state index in [0.29, 0.717) is 6.42 Å². The van der Waals surface area contributed by atoms with Gasteiger partial charge in [0.1, 0.15) is 17.1 Å². The summed E-state index contributed by atoms with van der Waals surface area (Å²) < 4.78 is 17.3. The molecule has 1 aromatic heterocycles. The van der Waals surface area contributed by atoms with Crippen molar-refractivity contribution in [3.05, 3.63) is 40.1 Å². The van der Waals surface area contributed by atoms with Gasteiger partial charge in [-0.2, -0.15) is 0 Å². The van der Waals surface area contributed by atoms with Gasteiger partial charge in [-0.05, 0) is 12.1 Å². The minimum absolute atomic E-state index is 0.0497. The van der Waals surface area contributed by atoms with Gasteiger partial charge in [0.05, 0.1) is 17.7 Å². The molecule has 0 N–H and O–H groups in total. The third kappa shape index (κ3) is 2.07. The average molecular weight is 274 g/mol. The van der Waals surface area contributed by atoms with E-state index in [4.69, 9.17) is 26.1 Å². The molecule has 98 valence electrons. The molecule has 0 spiro atoms. The second-order valence-corrected chi connectivity index (χ2v) is 4.88. The van der Waals surface area contributed by atoms with Crippen LogP contribution in [0.1, 0.15) is 11.3 Å². The Labute approximate surface area is 116 Å². The van der Waals surface area contributed by atoms with Crippen LogP contribution in [0.5, 0.6) is 5.75 Å². The van der Waals surface area contributed by atoms with Gasteiger partial charge in [-0.15, -0.1) is 0 Å². The smallest absolute Gasteiger partial charge is 0.139 e. The van der Waals surface area contributed by atoms with Gasteiger partial charge in [0, 0.05) is 30.5 Å². The molecule has 0 saturated carbocycles. The number of methoxy groups -OCH3 is 2. The lowest BCUT2D eigenvalue weighted by Gasteiger charge is -2.18. The van der Waals surface area contributed by atoms with Crippen molar-refractivity contribution >= 4 is 29.3 Å². The molecule has 0 amide bonds. The lowest BCUT2D eigenvalue weighted by atomic mass is 10.0. The summed E-state index contributed by atoms with van der Waals surface area (Å²) in [5.41, 5.74) is 1.74. The van der Waals surface area contributed by atoms with E-state index in [0.717, 1.165) is 32.6 Å². The Morgan fingerprint density at radius 3 is 2.89 bits per heavy atom. The van der Waals surface area contributed by atoms with Crippen molar-refractivity contribution in [2.75, 3.05) is 14.2 Å². The molecule has 0 fully saturated rings. The normalized spacial score (nSPS) is 17.5. The van der Waals surface area contributed by atoms with Crippen LogP contribution >= 0.6 is 12.2 Å². The van der Waals surface area contributed by atoms with Gasteiger partial charge in [-0.3, -0.25) is 0 Å². The Balaban J connectivity index is 2.24. The molecule has 0 radical (unpaired) electrons. The van der Waals surface area contributed by atoms with Crippen molar-refractivity contribution < 1.29 is 13.9 Å². The van der Waals surface area contributed by atoms with E-state index in [9.17, 15) is 0 Å². The summed E-state index contributed by atoms with van der Waals surface area (Å²) in [6, 6.07) is 5.70. The molecule has 0 bridgehead atoms.